The Morgan fingerprint density at radius 1 is 1.40 bits per heavy atom. The molecule has 0 spiro atoms. The number of nitrogens with one attached hydrogen (secondary N) is 1. The van der Waals surface area contributed by atoms with Crippen LogP contribution in [0.4, 0.5) is 0 Å². The van der Waals surface area contributed by atoms with Gasteiger partial charge in [-0.15, -0.1) is 6.58 Å². The third-order valence-electron chi connectivity index (χ3n) is 1.39. The van der Waals surface area contributed by atoms with Crippen LogP contribution in [0.3, 0.4) is 0 Å². The van der Waals surface area contributed by atoms with Gasteiger partial charge in [-0.25, -0.2) is 0 Å². The zero-order valence-electron chi connectivity index (χ0n) is 7.35. The summed E-state index contributed by atoms with van der Waals surface area (Å²) >= 11 is 0. The van der Waals surface area contributed by atoms with Gasteiger partial charge in [0.1, 0.15) is 0 Å². The monoisotopic (exact) mass is 141 g/mol. The molecule has 60 valence electrons. The topological polar surface area (TPSA) is 12.0 Å². The highest BCUT2D eigenvalue weighted by Crippen LogP contribution is 1.93. The first-order valence-electron chi connectivity index (χ1n) is 4.01. The lowest BCUT2D eigenvalue weighted by Crippen LogP contribution is -2.28. The highest BCUT2D eigenvalue weighted by Gasteiger charge is 1.98. The van der Waals surface area contributed by atoms with Crippen molar-refractivity contribution < 1.29 is 0 Å². The second-order valence-corrected chi connectivity index (χ2v) is 3.23. The quantitative estimate of drug-likeness (QED) is 0.579. The minimum Gasteiger partial charge on any atom is -0.314 e. The van der Waals surface area contributed by atoms with Gasteiger partial charge in [-0.1, -0.05) is 19.9 Å². The van der Waals surface area contributed by atoms with Crippen LogP contribution in [0.1, 0.15) is 27.2 Å². The lowest BCUT2D eigenvalue weighted by molar-refractivity contribution is 0.486. The molecule has 1 unspecified atom stereocenters. The molecule has 1 nitrogen and oxygen atoms in total. The summed E-state index contributed by atoms with van der Waals surface area (Å²) in [5.74, 6) is 0.743. The summed E-state index contributed by atoms with van der Waals surface area (Å²) in [6, 6.07) is 0.583. The van der Waals surface area contributed by atoms with Gasteiger partial charge < -0.3 is 5.32 Å². The first-order chi connectivity index (χ1) is 4.66. The Morgan fingerprint density at radius 3 is 2.40 bits per heavy atom. The molecule has 0 rings (SSSR count). The van der Waals surface area contributed by atoms with Crippen molar-refractivity contribution >= 4 is 0 Å². The lowest BCUT2D eigenvalue weighted by Gasteiger charge is -2.12. The van der Waals surface area contributed by atoms with Crippen LogP contribution in [-0.4, -0.2) is 12.6 Å². The van der Waals surface area contributed by atoms with Gasteiger partial charge in [-0.2, -0.15) is 0 Å². The van der Waals surface area contributed by atoms with Crippen LogP contribution in [0, 0.1) is 5.92 Å². The summed E-state index contributed by atoms with van der Waals surface area (Å²) in [7, 11) is 0. The molecule has 0 aromatic carbocycles. The molecule has 0 aliphatic heterocycles. The summed E-state index contributed by atoms with van der Waals surface area (Å²) in [6.45, 7) is 11.4. The average Bonchev–Trinajstić information content (AvgIpc) is 1.85. The van der Waals surface area contributed by atoms with E-state index in [9.17, 15) is 0 Å². The predicted octanol–water partition coefficient (Wildman–Crippen LogP) is 2.20. The molecular formula is C9H19N. The van der Waals surface area contributed by atoms with Crippen molar-refractivity contribution in [3.63, 3.8) is 0 Å². The maximum atomic E-state index is 3.69. The van der Waals surface area contributed by atoms with E-state index < -0.39 is 0 Å². The van der Waals surface area contributed by atoms with Crippen LogP contribution < -0.4 is 5.32 Å². The lowest BCUT2D eigenvalue weighted by atomic mass is 10.2. The Kier molecular flexibility index (Phi) is 5.32. The standard InChI is InChI=1S/C9H19N/c1-5-6-9(4)10-7-8(2)3/h5,8-10H,1,6-7H2,2-4H3. The SMILES string of the molecule is C=CCC(C)NCC(C)C. The molecule has 0 aromatic heterocycles. The van der Waals surface area contributed by atoms with Crippen molar-refractivity contribution in [1.82, 2.24) is 5.32 Å². The minimum atomic E-state index is 0.583. The van der Waals surface area contributed by atoms with E-state index in [2.05, 4.69) is 32.7 Å². The maximum absolute atomic E-state index is 3.69. The molecule has 1 heteroatoms. The van der Waals surface area contributed by atoms with Crippen molar-refractivity contribution in [3.05, 3.63) is 12.7 Å². The van der Waals surface area contributed by atoms with E-state index in [0.717, 1.165) is 18.9 Å². The summed E-state index contributed by atoms with van der Waals surface area (Å²) in [5.41, 5.74) is 0. The molecule has 0 fully saturated rings. The average molecular weight is 141 g/mol. The van der Waals surface area contributed by atoms with Crippen LogP contribution in [-0.2, 0) is 0 Å². The summed E-state index contributed by atoms with van der Waals surface area (Å²) in [4.78, 5) is 0. The highest BCUT2D eigenvalue weighted by atomic mass is 14.9. The Bertz CT molecular complexity index is 86.7. The normalized spacial score (nSPS) is 13.6. The second kappa shape index (κ2) is 5.48. The van der Waals surface area contributed by atoms with E-state index in [1.54, 1.807) is 0 Å². The van der Waals surface area contributed by atoms with Gasteiger partial charge >= 0.3 is 0 Å². The predicted molar refractivity (Wildman–Crippen MR) is 47.1 cm³/mol. The molecule has 0 aromatic rings. The molecule has 0 bridgehead atoms. The van der Waals surface area contributed by atoms with Crippen molar-refractivity contribution in [2.45, 2.75) is 33.2 Å². The molecular weight excluding hydrogens is 122 g/mol. The highest BCUT2D eigenvalue weighted by molar-refractivity contribution is 4.74. The summed E-state index contributed by atoms with van der Waals surface area (Å²) < 4.78 is 0. The van der Waals surface area contributed by atoms with E-state index in [1.165, 1.54) is 0 Å². The van der Waals surface area contributed by atoms with Crippen molar-refractivity contribution in [2.24, 2.45) is 5.92 Å². The molecule has 0 aliphatic rings. The number of hydrogen-bond donors (Lipinski definition) is 1. The van der Waals surface area contributed by atoms with E-state index >= 15 is 0 Å². The van der Waals surface area contributed by atoms with E-state index in [4.69, 9.17) is 0 Å². The fourth-order valence-corrected chi connectivity index (χ4v) is 0.770. The smallest absolute Gasteiger partial charge is 0.00732 e. The molecule has 0 aliphatic carbocycles. The molecule has 0 saturated carbocycles. The molecule has 0 saturated heterocycles. The van der Waals surface area contributed by atoms with Gasteiger partial charge in [0.25, 0.3) is 0 Å². The first kappa shape index (κ1) is 9.70. The Morgan fingerprint density at radius 2 is 2.00 bits per heavy atom. The fourth-order valence-electron chi connectivity index (χ4n) is 0.770. The molecule has 10 heavy (non-hydrogen) atoms. The van der Waals surface area contributed by atoms with Crippen LogP contribution in [0.5, 0.6) is 0 Å². The van der Waals surface area contributed by atoms with Crippen LogP contribution in [0.2, 0.25) is 0 Å². The largest absolute Gasteiger partial charge is 0.314 e. The van der Waals surface area contributed by atoms with Gasteiger partial charge in [-0.05, 0) is 25.8 Å². The molecule has 0 amide bonds. The number of rotatable bonds is 5. The summed E-state index contributed by atoms with van der Waals surface area (Å²) in [6.07, 6.45) is 3.02. The van der Waals surface area contributed by atoms with Gasteiger partial charge in [-0.3, -0.25) is 0 Å². The summed E-state index contributed by atoms with van der Waals surface area (Å²) in [5, 5.41) is 3.41. The van der Waals surface area contributed by atoms with E-state index in [1.807, 2.05) is 6.08 Å². The van der Waals surface area contributed by atoms with Crippen LogP contribution in [0.25, 0.3) is 0 Å². The van der Waals surface area contributed by atoms with Gasteiger partial charge in [0, 0.05) is 6.04 Å². The fraction of sp³-hybridized carbons (Fsp3) is 0.778. The molecule has 0 heterocycles. The molecule has 0 radical (unpaired) electrons. The van der Waals surface area contributed by atoms with E-state index in [-0.39, 0.29) is 0 Å². The van der Waals surface area contributed by atoms with Crippen molar-refractivity contribution in [2.75, 3.05) is 6.54 Å². The Labute approximate surface area is 64.5 Å². The zero-order chi connectivity index (χ0) is 7.98. The maximum Gasteiger partial charge on any atom is 0.00732 e. The third-order valence-corrected chi connectivity index (χ3v) is 1.39. The number of hydrogen-bond acceptors (Lipinski definition) is 1. The van der Waals surface area contributed by atoms with Gasteiger partial charge in [0.2, 0.25) is 0 Å². The Hall–Kier alpha value is -0.300. The van der Waals surface area contributed by atoms with Crippen molar-refractivity contribution in [3.8, 4) is 0 Å². The second-order valence-electron chi connectivity index (χ2n) is 3.23. The Balaban J connectivity index is 3.20. The molecule has 1 atom stereocenters. The zero-order valence-corrected chi connectivity index (χ0v) is 7.35. The van der Waals surface area contributed by atoms with Crippen LogP contribution in [0.15, 0.2) is 12.7 Å². The minimum absolute atomic E-state index is 0.583. The van der Waals surface area contributed by atoms with Crippen LogP contribution >= 0.6 is 0 Å². The molecule has 1 N–H and O–H groups in total. The van der Waals surface area contributed by atoms with Crippen molar-refractivity contribution in [1.29, 1.82) is 0 Å². The van der Waals surface area contributed by atoms with E-state index in [0.29, 0.717) is 6.04 Å². The third kappa shape index (κ3) is 5.83. The van der Waals surface area contributed by atoms with Gasteiger partial charge in [0.15, 0.2) is 0 Å². The first-order valence-corrected chi connectivity index (χ1v) is 4.01. The van der Waals surface area contributed by atoms with Gasteiger partial charge in [0.05, 0.1) is 0 Å².